The summed E-state index contributed by atoms with van der Waals surface area (Å²) in [6.07, 6.45) is -3.90. The Morgan fingerprint density at radius 2 is 1.74 bits per heavy atom. The number of nitrogens with one attached hydrogen (secondary N) is 1. The molecule has 1 aromatic heterocycles. The van der Waals surface area contributed by atoms with E-state index in [1.807, 2.05) is 25.1 Å². The van der Waals surface area contributed by atoms with Gasteiger partial charge in [0.1, 0.15) is 11.4 Å². The van der Waals surface area contributed by atoms with Gasteiger partial charge in [-0.05, 0) is 48.9 Å². The second kappa shape index (κ2) is 7.22. The van der Waals surface area contributed by atoms with Crippen LogP contribution < -0.4 is 10.2 Å². The Bertz CT molecular complexity index is 939. The summed E-state index contributed by atoms with van der Waals surface area (Å²) in [5.74, 6) is -0.787. The summed E-state index contributed by atoms with van der Waals surface area (Å²) in [6.45, 7) is 1.90. The van der Waals surface area contributed by atoms with Crippen molar-refractivity contribution in [2.24, 2.45) is 0 Å². The van der Waals surface area contributed by atoms with E-state index in [0.717, 1.165) is 11.8 Å². The van der Waals surface area contributed by atoms with Crippen LogP contribution in [-0.4, -0.2) is 17.0 Å². The molecule has 1 heterocycles. The Morgan fingerprint density at radius 1 is 1.04 bits per heavy atom. The van der Waals surface area contributed by atoms with E-state index in [-0.39, 0.29) is 11.8 Å². The lowest BCUT2D eigenvalue weighted by Gasteiger charge is -2.22. The number of hydrogen-bond acceptors (Lipinski definition) is 4. The summed E-state index contributed by atoms with van der Waals surface area (Å²) in [4.78, 5) is 9.09. The van der Waals surface area contributed by atoms with Gasteiger partial charge in [0.2, 0.25) is 5.95 Å². The summed E-state index contributed by atoms with van der Waals surface area (Å²) in [7, 11) is 1.43. The third kappa shape index (κ3) is 4.33. The van der Waals surface area contributed by atoms with Crippen LogP contribution >= 0.6 is 0 Å². The largest absolute Gasteiger partial charge is 0.421 e. The number of benzene rings is 2. The van der Waals surface area contributed by atoms with E-state index in [0.29, 0.717) is 11.4 Å². The Morgan fingerprint density at radius 3 is 2.37 bits per heavy atom. The molecule has 0 fully saturated rings. The van der Waals surface area contributed by atoms with Crippen molar-refractivity contribution in [1.29, 1.82) is 0 Å². The van der Waals surface area contributed by atoms with Crippen LogP contribution in [0.3, 0.4) is 0 Å². The maximum Gasteiger partial charge on any atom is 0.421 e. The number of anilines is 4. The number of hydrogen-bond donors (Lipinski definition) is 1. The number of aryl methyl sites for hydroxylation is 1. The minimum absolute atomic E-state index is 0.0255. The van der Waals surface area contributed by atoms with Crippen LogP contribution in [0, 0.1) is 12.7 Å². The summed E-state index contributed by atoms with van der Waals surface area (Å²) in [5.41, 5.74) is 1.02. The van der Waals surface area contributed by atoms with Gasteiger partial charge in [-0.2, -0.15) is 18.2 Å². The Kier molecular flexibility index (Phi) is 4.98. The van der Waals surface area contributed by atoms with Crippen molar-refractivity contribution < 1.29 is 17.6 Å². The van der Waals surface area contributed by atoms with E-state index in [9.17, 15) is 17.6 Å². The second-order valence-corrected chi connectivity index (χ2v) is 5.96. The molecule has 0 saturated carbocycles. The molecule has 140 valence electrons. The van der Waals surface area contributed by atoms with Gasteiger partial charge in [0.05, 0.1) is 0 Å². The fourth-order valence-corrected chi connectivity index (χ4v) is 2.53. The van der Waals surface area contributed by atoms with E-state index in [1.54, 1.807) is 6.07 Å². The molecule has 4 nitrogen and oxygen atoms in total. The quantitative estimate of drug-likeness (QED) is 0.615. The lowest BCUT2D eigenvalue weighted by atomic mass is 10.2. The first-order valence-electron chi connectivity index (χ1n) is 8.01. The first kappa shape index (κ1) is 18.6. The fraction of sp³-hybridized carbons (Fsp3) is 0.158. The summed E-state index contributed by atoms with van der Waals surface area (Å²) >= 11 is 0. The van der Waals surface area contributed by atoms with Crippen LogP contribution in [0.25, 0.3) is 0 Å². The zero-order chi connectivity index (χ0) is 19.6. The zero-order valence-corrected chi connectivity index (χ0v) is 14.5. The third-order valence-corrected chi connectivity index (χ3v) is 3.88. The lowest BCUT2D eigenvalue weighted by molar-refractivity contribution is -0.137. The van der Waals surface area contributed by atoms with Gasteiger partial charge in [0, 0.05) is 24.6 Å². The number of aromatic nitrogens is 2. The molecule has 0 bridgehead atoms. The molecular weight excluding hydrogens is 360 g/mol. The van der Waals surface area contributed by atoms with Gasteiger partial charge < -0.3 is 10.2 Å². The summed E-state index contributed by atoms with van der Waals surface area (Å²) in [5, 5.41) is 2.90. The minimum atomic E-state index is -4.63. The SMILES string of the molecule is Cc1cccc(Nc2ncc(C(F)(F)F)c(N(C)c3ccc(F)cc3)n2)c1. The fourth-order valence-electron chi connectivity index (χ4n) is 2.53. The summed E-state index contributed by atoms with van der Waals surface area (Å²) in [6, 6.07) is 12.4. The summed E-state index contributed by atoms with van der Waals surface area (Å²) < 4.78 is 53.4. The maximum atomic E-state index is 13.4. The van der Waals surface area contributed by atoms with Gasteiger partial charge in [-0.25, -0.2) is 9.37 Å². The highest BCUT2D eigenvalue weighted by atomic mass is 19.4. The maximum absolute atomic E-state index is 13.4. The smallest absolute Gasteiger partial charge is 0.329 e. The van der Waals surface area contributed by atoms with Crippen LogP contribution in [0.15, 0.2) is 54.7 Å². The van der Waals surface area contributed by atoms with Gasteiger partial charge in [0.15, 0.2) is 5.82 Å². The van der Waals surface area contributed by atoms with Crippen LogP contribution in [0.4, 0.5) is 40.7 Å². The third-order valence-electron chi connectivity index (χ3n) is 3.88. The molecular formula is C19H16F4N4. The van der Waals surface area contributed by atoms with Crippen molar-refractivity contribution in [3.8, 4) is 0 Å². The average molecular weight is 376 g/mol. The molecule has 0 atom stereocenters. The van der Waals surface area contributed by atoms with Crippen LogP contribution in [0.5, 0.6) is 0 Å². The van der Waals surface area contributed by atoms with Crippen LogP contribution in [0.2, 0.25) is 0 Å². The van der Waals surface area contributed by atoms with Crippen LogP contribution in [0.1, 0.15) is 11.1 Å². The van der Waals surface area contributed by atoms with Crippen molar-refractivity contribution in [3.63, 3.8) is 0 Å². The van der Waals surface area contributed by atoms with Crippen LogP contribution in [-0.2, 0) is 6.18 Å². The van der Waals surface area contributed by atoms with E-state index >= 15 is 0 Å². The number of rotatable bonds is 4. The van der Waals surface area contributed by atoms with Crippen molar-refractivity contribution in [2.45, 2.75) is 13.1 Å². The lowest BCUT2D eigenvalue weighted by Crippen LogP contribution is -2.19. The second-order valence-electron chi connectivity index (χ2n) is 5.96. The molecule has 3 aromatic rings. The molecule has 0 saturated heterocycles. The Labute approximate surface area is 153 Å². The zero-order valence-electron chi connectivity index (χ0n) is 14.5. The Hall–Kier alpha value is -3.16. The molecule has 3 rings (SSSR count). The number of nitrogens with zero attached hydrogens (tertiary/aromatic N) is 3. The van der Waals surface area contributed by atoms with E-state index in [4.69, 9.17) is 0 Å². The van der Waals surface area contributed by atoms with Crippen molar-refractivity contribution in [1.82, 2.24) is 9.97 Å². The molecule has 0 amide bonds. The molecule has 27 heavy (non-hydrogen) atoms. The van der Waals surface area contributed by atoms with E-state index in [1.165, 1.54) is 36.2 Å². The van der Waals surface area contributed by atoms with Gasteiger partial charge in [-0.3, -0.25) is 0 Å². The van der Waals surface area contributed by atoms with Gasteiger partial charge in [-0.15, -0.1) is 0 Å². The van der Waals surface area contributed by atoms with E-state index < -0.39 is 17.6 Å². The predicted molar refractivity (Wildman–Crippen MR) is 96.0 cm³/mol. The van der Waals surface area contributed by atoms with Gasteiger partial charge >= 0.3 is 6.18 Å². The number of halogens is 4. The van der Waals surface area contributed by atoms with Gasteiger partial charge in [-0.1, -0.05) is 12.1 Å². The molecule has 8 heteroatoms. The normalized spacial score (nSPS) is 11.3. The van der Waals surface area contributed by atoms with E-state index in [2.05, 4.69) is 15.3 Å². The molecule has 0 aliphatic rings. The molecule has 2 aromatic carbocycles. The first-order valence-corrected chi connectivity index (χ1v) is 8.01. The highest BCUT2D eigenvalue weighted by Gasteiger charge is 2.36. The predicted octanol–water partition coefficient (Wildman–Crippen LogP) is 5.45. The topological polar surface area (TPSA) is 41.1 Å². The van der Waals surface area contributed by atoms with Crippen molar-refractivity contribution in [2.75, 3.05) is 17.3 Å². The Balaban J connectivity index is 2.02. The molecule has 0 unspecified atom stereocenters. The average Bonchev–Trinajstić information content (AvgIpc) is 2.61. The molecule has 1 N–H and O–H groups in total. The van der Waals surface area contributed by atoms with Gasteiger partial charge in [0.25, 0.3) is 0 Å². The minimum Gasteiger partial charge on any atom is -0.329 e. The van der Waals surface area contributed by atoms with Crippen molar-refractivity contribution >= 4 is 23.1 Å². The molecule has 0 aliphatic carbocycles. The molecule has 0 radical (unpaired) electrons. The van der Waals surface area contributed by atoms with Crippen molar-refractivity contribution in [3.05, 3.63) is 71.7 Å². The standard InChI is InChI=1S/C19H16F4N4/c1-12-4-3-5-14(10-12)25-18-24-11-16(19(21,22)23)17(26-18)27(2)15-8-6-13(20)7-9-15/h3-11H,1-2H3,(H,24,25,26). The monoisotopic (exact) mass is 376 g/mol. The first-order chi connectivity index (χ1) is 12.7. The number of alkyl halides is 3. The molecule has 0 aliphatic heterocycles. The highest BCUT2D eigenvalue weighted by molar-refractivity contribution is 5.65. The molecule has 0 spiro atoms. The highest BCUT2D eigenvalue weighted by Crippen LogP contribution is 2.37.